The van der Waals surface area contributed by atoms with Crippen LogP contribution in [-0.2, 0) is 22.3 Å². The van der Waals surface area contributed by atoms with Gasteiger partial charge in [0.15, 0.2) is 5.96 Å². The molecule has 1 saturated heterocycles. The molecular formula is C16H27IN4O3S. The summed E-state index contributed by atoms with van der Waals surface area (Å²) >= 11 is 0. The van der Waals surface area contributed by atoms with E-state index in [-0.39, 0.29) is 35.8 Å². The van der Waals surface area contributed by atoms with Gasteiger partial charge in [0.25, 0.3) is 0 Å². The Bertz CT molecular complexity index is 664. The van der Waals surface area contributed by atoms with Gasteiger partial charge >= 0.3 is 0 Å². The van der Waals surface area contributed by atoms with Crippen molar-refractivity contribution in [3.8, 4) is 0 Å². The first-order valence-corrected chi connectivity index (χ1v) is 9.79. The summed E-state index contributed by atoms with van der Waals surface area (Å²) < 4.78 is 25.4. The number of likely N-dealkylation sites (tertiary alicyclic amines) is 1. The molecule has 1 aromatic rings. The molecule has 2 rings (SSSR count). The first-order chi connectivity index (χ1) is 11.4. The van der Waals surface area contributed by atoms with E-state index in [0.717, 1.165) is 36.6 Å². The van der Waals surface area contributed by atoms with Gasteiger partial charge in [-0.1, -0.05) is 24.3 Å². The van der Waals surface area contributed by atoms with Crippen LogP contribution < -0.4 is 10.0 Å². The van der Waals surface area contributed by atoms with Gasteiger partial charge in [-0.15, -0.1) is 24.0 Å². The Morgan fingerprint density at radius 1 is 1.32 bits per heavy atom. The number of aliphatic hydroxyl groups excluding tert-OH is 1. The largest absolute Gasteiger partial charge is 0.391 e. The molecule has 1 aliphatic heterocycles. The average molecular weight is 482 g/mol. The molecule has 7 nitrogen and oxygen atoms in total. The van der Waals surface area contributed by atoms with E-state index in [0.29, 0.717) is 13.1 Å². The number of aliphatic hydroxyl groups is 1. The van der Waals surface area contributed by atoms with Crippen molar-refractivity contribution in [3.05, 3.63) is 35.4 Å². The number of aliphatic imine (C=N–C) groups is 1. The summed E-state index contributed by atoms with van der Waals surface area (Å²) in [5, 5.41) is 12.9. The predicted octanol–water partition coefficient (Wildman–Crippen LogP) is 0.886. The second kappa shape index (κ2) is 10.3. The summed E-state index contributed by atoms with van der Waals surface area (Å²) in [5.74, 6) is 0.775. The maximum atomic E-state index is 11.5. The first-order valence-electron chi connectivity index (χ1n) is 8.14. The molecule has 0 radical (unpaired) electrons. The topological polar surface area (TPSA) is 94.0 Å². The number of hydrogen-bond acceptors (Lipinski definition) is 4. The molecule has 0 saturated carbocycles. The van der Waals surface area contributed by atoms with E-state index in [4.69, 9.17) is 0 Å². The van der Waals surface area contributed by atoms with Gasteiger partial charge in [0.2, 0.25) is 10.0 Å². The third-order valence-corrected chi connectivity index (χ3v) is 5.24. The molecular weight excluding hydrogens is 455 g/mol. The fraction of sp³-hybridized carbons (Fsp3) is 0.562. The fourth-order valence-electron chi connectivity index (χ4n) is 2.56. The van der Waals surface area contributed by atoms with Gasteiger partial charge in [-0.3, -0.25) is 0 Å². The molecule has 0 spiro atoms. The summed E-state index contributed by atoms with van der Waals surface area (Å²) in [4.78, 5) is 6.67. The zero-order valence-corrected chi connectivity index (χ0v) is 17.8. The van der Waals surface area contributed by atoms with Crippen LogP contribution >= 0.6 is 24.0 Å². The van der Waals surface area contributed by atoms with Gasteiger partial charge in [0.05, 0.1) is 18.4 Å². The van der Waals surface area contributed by atoms with Gasteiger partial charge in [-0.05, 0) is 31.5 Å². The van der Waals surface area contributed by atoms with Crippen molar-refractivity contribution in [3.63, 3.8) is 0 Å². The molecule has 1 atom stereocenters. The van der Waals surface area contributed by atoms with Crippen LogP contribution in [0.15, 0.2) is 29.3 Å². The second-order valence-electron chi connectivity index (χ2n) is 5.84. The summed E-state index contributed by atoms with van der Waals surface area (Å²) in [7, 11) is -1.84. The van der Waals surface area contributed by atoms with Crippen LogP contribution in [0.3, 0.4) is 0 Å². The van der Waals surface area contributed by atoms with E-state index in [1.54, 1.807) is 0 Å². The standard InChI is InChI=1S/C16H26N4O3S.HI/c1-3-18-16(20-9-8-15(21)11-20)19-10-13-4-6-14(7-5-13)12-24(22,23)17-2;/h4-7,15,17,21H,3,8-12H2,1-2H3,(H,18,19);1H/t15-;/m1./s1. The van der Waals surface area contributed by atoms with Gasteiger partial charge in [0.1, 0.15) is 0 Å². The van der Waals surface area contributed by atoms with Crippen molar-refractivity contribution in [2.75, 3.05) is 26.7 Å². The average Bonchev–Trinajstić information content (AvgIpc) is 2.99. The quantitative estimate of drug-likeness (QED) is 0.318. The Labute approximate surface area is 167 Å². The van der Waals surface area contributed by atoms with Crippen molar-refractivity contribution in [2.45, 2.75) is 31.7 Å². The summed E-state index contributed by atoms with van der Waals surface area (Å²) in [6.45, 7) is 4.69. The SMILES string of the molecule is CCNC(=NCc1ccc(CS(=O)(=O)NC)cc1)N1CC[C@@H](O)C1.I. The third kappa shape index (κ3) is 7.08. The summed E-state index contributed by atoms with van der Waals surface area (Å²) in [6, 6.07) is 7.41. The van der Waals surface area contributed by atoms with Crippen LogP contribution in [-0.4, -0.2) is 57.2 Å². The highest BCUT2D eigenvalue weighted by molar-refractivity contribution is 14.0. The Balaban J connectivity index is 0.00000312. The zero-order chi connectivity index (χ0) is 17.6. The summed E-state index contributed by atoms with van der Waals surface area (Å²) in [5.41, 5.74) is 1.75. The lowest BCUT2D eigenvalue weighted by Crippen LogP contribution is -2.40. The number of rotatable bonds is 6. The van der Waals surface area contributed by atoms with Crippen LogP contribution in [0, 0.1) is 0 Å². The Morgan fingerprint density at radius 3 is 2.48 bits per heavy atom. The molecule has 0 amide bonds. The molecule has 1 heterocycles. The van der Waals surface area contributed by atoms with E-state index >= 15 is 0 Å². The predicted molar refractivity (Wildman–Crippen MR) is 111 cm³/mol. The minimum Gasteiger partial charge on any atom is -0.391 e. The molecule has 25 heavy (non-hydrogen) atoms. The van der Waals surface area contributed by atoms with Crippen molar-refractivity contribution in [2.24, 2.45) is 4.99 Å². The van der Waals surface area contributed by atoms with Gasteiger partial charge in [-0.25, -0.2) is 18.1 Å². The number of hydrogen-bond donors (Lipinski definition) is 3. The molecule has 0 aliphatic carbocycles. The Kier molecular flexibility index (Phi) is 9.11. The molecule has 0 aromatic heterocycles. The zero-order valence-electron chi connectivity index (χ0n) is 14.6. The van der Waals surface area contributed by atoms with Crippen molar-refractivity contribution in [1.82, 2.24) is 14.9 Å². The van der Waals surface area contributed by atoms with Crippen LogP contribution in [0.4, 0.5) is 0 Å². The van der Waals surface area contributed by atoms with E-state index in [9.17, 15) is 13.5 Å². The summed E-state index contributed by atoms with van der Waals surface area (Å²) in [6.07, 6.45) is 0.473. The molecule has 1 aromatic carbocycles. The van der Waals surface area contributed by atoms with Gasteiger partial charge < -0.3 is 15.3 Å². The number of sulfonamides is 1. The normalized spacial score (nSPS) is 18.1. The highest BCUT2D eigenvalue weighted by Crippen LogP contribution is 2.11. The smallest absolute Gasteiger partial charge is 0.215 e. The molecule has 9 heteroatoms. The lowest BCUT2D eigenvalue weighted by molar-refractivity contribution is 0.188. The molecule has 1 aliphatic rings. The number of guanidine groups is 1. The number of nitrogens with one attached hydrogen (secondary N) is 2. The van der Waals surface area contributed by atoms with E-state index in [1.165, 1.54) is 7.05 Å². The van der Waals surface area contributed by atoms with Gasteiger partial charge in [0, 0.05) is 19.6 Å². The van der Waals surface area contributed by atoms with Crippen LogP contribution in [0.25, 0.3) is 0 Å². The Hall–Kier alpha value is -0.910. The van der Waals surface area contributed by atoms with E-state index < -0.39 is 10.0 Å². The number of halogens is 1. The van der Waals surface area contributed by atoms with E-state index in [2.05, 4.69) is 19.9 Å². The first kappa shape index (κ1) is 22.1. The second-order valence-corrected chi connectivity index (χ2v) is 7.76. The van der Waals surface area contributed by atoms with Gasteiger partial charge in [-0.2, -0.15) is 0 Å². The molecule has 3 N–H and O–H groups in total. The van der Waals surface area contributed by atoms with Crippen molar-refractivity contribution >= 4 is 40.0 Å². The molecule has 0 unspecified atom stereocenters. The van der Waals surface area contributed by atoms with Crippen molar-refractivity contribution < 1.29 is 13.5 Å². The molecule has 1 fully saturated rings. The number of β-amino-alcohol motifs (C(OH)–C–C–N with tert-alkyl or cyclic N) is 1. The molecule has 0 bridgehead atoms. The van der Waals surface area contributed by atoms with E-state index in [1.807, 2.05) is 31.2 Å². The lowest BCUT2D eigenvalue weighted by atomic mass is 10.1. The number of benzene rings is 1. The minimum atomic E-state index is -3.25. The third-order valence-electron chi connectivity index (χ3n) is 3.90. The van der Waals surface area contributed by atoms with Crippen molar-refractivity contribution in [1.29, 1.82) is 0 Å². The maximum Gasteiger partial charge on any atom is 0.215 e. The van der Waals surface area contributed by atoms with Crippen LogP contribution in [0.1, 0.15) is 24.5 Å². The fourth-order valence-corrected chi connectivity index (χ4v) is 3.33. The molecule has 142 valence electrons. The Morgan fingerprint density at radius 2 is 1.96 bits per heavy atom. The van der Waals surface area contributed by atoms with Crippen LogP contribution in [0.2, 0.25) is 0 Å². The number of nitrogens with zero attached hydrogens (tertiary/aromatic N) is 2. The monoisotopic (exact) mass is 482 g/mol. The lowest BCUT2D eigenvalue weighted by Gasteiger charge is -2.20. The highest BCUT2D eigenvalue weighted by atomic mass is 127. The highest BCUT2D eigenvalue weighted by Gasteiger charge is 2.22. The van der Waals surface area contributed by atoms with Crippen LogP contribution in [0.5, 0.6) is 0 Å². The maximum absolute atomic E-state index is 11.5. The minimum absolute atomic E-state index is 0.